The monoisotopic (exact) mass is 385 g/mol. The van der Waals surface area contributed by atoms with E-state index in [4.69, 9.17) is 4.74 Å². The Labute approximate surface area is 167 Å². The minimum atomic E-state index is -0.417. The molecule has 1 aromatic carbocycles. The lowest BCUT2D eigenvalue weighted by atomic mass is 9.95. The molecule has 6 heteroatoms. The lowest BCUT2D eigenvalue weighted by molar-refractivity contribution is -0.133. The van der Waals surface area contributed by atoms with Crippen molar-refractivity contribution >= 4 is 17.9 Å². The zero-order chi connectivity index (χ0) is 19.8. The van der Waals surface area contributed by atoms with E-state index < -0.39 is 6.04 Å². The van der Waals surface area contributed by atoms with Crippen LogP contribution in [0.5, 0.6) is 5.75 Å². The van der Waals surface area contributed by atoms with Gasteiger partial charge in [0, 0.05) is 31.2 Å². The molecule has 0 radical (unpaired) electrons. The highest BCUT2D eigenvalue weighted by Gasteiger charge is 2.31. The van der Waals surface area contributed by atoms with Crippen molar-refractivity contribution in [1.29, 1.82) is 0 Å². The van der Waals surface area contributed by atoms with Crippen molar-refractivity contribution in [2.45, 2.75) is 50.6 Å². The van der Waals surface area contributed by atoms with Crippen LogP contribution >= 0.6 is 0 Å². The van der Waals surface area contributed by atoms with Crippen LogP contribution < -0.4 is 15.4 Å². The molecule has 1 saturated heterocycles. The highest BCUT2D eigenvalue weighted by atomic mass is 16.5. The maximum atomic E-state index is 12.5. The fraction of sp³-hybridized carbons (Fsp3) is 0.545. The average Bonchev–Trinajstić information content (AvgIpc) is 2.71. The second kappa shape index (κ2) is 10.3. The molecule has 0 aromatic heterocycles. The summed E-state index contributed by atoms with van der Waals surface area (Å²) in [7, 11) is 1.66. The van der Waals surface area contributed by atoms with Gasteiger partial charge >= 0.3 is 0 Å². The van der Waals surface area contributed by atoms with E-state index in [1.807, 2.05) is 36.4 Å². The second-order valence-electron chi connectivity index (χ2n) is 7.55. The van der Waals surface area contributed by atoms with Gasteiger partial charge in [0.25, 0.3) is 0 Å². The topological polar surface area (TPSA) is 70.7 Å². The van der Waals surface area contributed by atoms with Gasteiger partial charge in [-0.3, -0.25) is 14.5 Å². The summed E-state index contributed by atoms with van der Waals surface area (Å²) in [6.07, 6.45) is 9.95. The largest absolute Gasteiger partial charge is 0.496 e. The maximum absolute atomic E-state index is 12.5. The first kappa shape index (κ1) is 20.4. The van der Waals surface area contributed by atoms with E-state index in [1.54, 1.807) is 7.11 Å². The number of nitrogens with zero attached hydrogens (tertiary/aromatic N) is 1. The summed E-state index contributed by atoms with van der Waals surface area (Å²) in [4.78, 5) is 27.0. The zero-order valence-electron chi connectivity index (χ0n) is 16.7. The molecule has 152 valence electrons. The van der Waals surface area contributed by atoms with Crippen molar-refractivity contribution in [3.63, 3.8) is 0 Å². The molecule has 6 nitrogen and oxygen atoms in total. The van der Waals surface area contributed by atoms with E-state index in [9.17, 15) is 9.59 Å². The van der Waals surface area contributed by atoms with Crippen molar-refractivity contribution < 1.29 is 14.3 Å². The van der Waals surface area contributed by atoms with Gasteiger partial charge in [0.2, 0.25) is 11.8 Å². The van der Waals surface area contributed by atoms with Gasteiger partial charge in [-0.1, -0.05) is 49.6 Å². The Bertz CT molecular complexity index is 698. The molecule has 28 heavy (non-hydrogen) atoms. The van der Waals surface area contributed by atoms with E-state index in [0.29, 0.717) is 13.1 Å². The highest BCUT2D eigenvalue weighted by Crippen LogP contribution is 2.20. The van der Waals surface area contributed by atoms with Crippen molar-refractivity contribution in [2.24, 2.45) is 0 Å². The van der Waals surface area contributed by atoms with E-state index in [0.717, 1.165) is 30.7 Å². The smallest absolute Gasteiger partial charge is 0.237 e. The molecule has 0 bridgehead atoms. The molecule has 1 aliphatic heterocycles. The minimum Gasteiger partial charge on any atom is -0.496 e. The number of rotatable bonds is 7. The average molecular weight is 386 g/mol. The van der Waals surface area contributed by atoms with E-state index in [-0.39, 0.29) is 24.3 Å². The lowest BCUT2D eigenvalue weighted by Gasteiger charge is -2.34. The molecule has 2 amide bonds. The Kier molecular flexibility index (Phi) is 7.48. The molecule has 0 spiro atoms. The molecule has 1 heterocycles. The summed E-state index contributed by atoms with van der Waals surface area (Å²) in [6.45, 7) is 1.97. The van der Waals surface area contributed by atoms with Gasteiger partial charge in [0.05, 0.1) is 19.6 Å². The molecule has 2 fully saturated rings. The standard InChI is InChI=1S/C22H31N3O3/c1-28-20-12-6-5-8-17(20)9-7-14-25-15-13-23-22(27)19(25)16-21(26)24-18-10-3-2-4-11-18/h5-9,12,18-19H,2-4,10-11,13-16H2,1H3,(H,23,27)(H,24,26)/b9-7+/t19-/m1/s1. The minimum absolute atomic E-state index is 0.0207. The fourth-order valence-corrected chi connectivity index (χ4v) is 4.03. The Morgan fingerprint density at radius 1 is 1.29 bits per heavy atom. The van der Waals surface area contributed by atoms with Crippen molar-refractivity contribution in [2.75, 3.05) is 26.7 Å². The number of benzene rings is 1. The third kappa shape index (κ3) is 5.58. The number of carbonyl (C=O) groups is 2. The van der Waals surface area contributed by atoms with Gasteiger partial charge in [0.1, 0.15) is 5.75 Å². The normalized spacial score (nSPS) is 21.5. The Balaban J connectivity index is 1.57. The fourth-order valence-electron chi connectivity index (χ4n) is 4.03. The van der Waals surface area contributed by atoms with E-state index in [1.165, 1.54) is 19.3 Å². The summed E-state index contributed by atoms with van der Waals surface area (Å²) in [5.74, 6) is 0.738. The first-order valence-electron chi connectivity index (χ1n) is 10.3. The Hall–Kier alpha value is -2.34. The number of hydrogen-bond donors (Lipinski definition) is 2. The number of ether oxygens (including phenoxy) is 1. The van der Waals surface area contributed by atoms with Gasteiger partial charge in [-0.2, -0.15) is 0 Å². The van der Waals surface area contributed by atoms with Crippen LogP contribution in [0.4, 0.5) is 0 Å². The number of methoxy groups -OCH3 is 1. The zero-order valence-corrected chi connectivity index (χ0v) is 16.7. The number of piperazine rings is 1. The van der Waals surface area contributed by atoms with Crippen LogP contribution in [0.3, 0.4) is 0 Å². The summed E-state index contributed by atoms with van der Waals surface area (Å²) in [6, 6.07) is 7.67. The van der Waals surface area contributed by atoms with Gasteiger partial charge in [-0.05, 0) is 18.9 Å². The van der Waals surface area contributed by atoms with Crippen LogP contribution in [0.25, 0.3) is 6.08 Å². The van der Waals surface area contributed by atoms with Gasteiger partial charge in [0.15, 0.2) is 0 Å². The van der Waals surface area contributed by atoms with Crippen LogP contribution in [0.2, 0.25) is 0 Å². The van der Waals surface area contributed by atoms with Crippen molar-refractivity contribution in [3.05, 3.63) is 35.9 Å². The van der Waals surface area contributed by atoms with Crippen molar-refractivity contribution in [1.82, 2.24) is 15.5 Å². The van der Waals surface area contributed by atoms with Crippen LogP contribution in [0.1, 0.15) is 44.1 Å². The lowest BCUT2D eigenvalue weighted by Crippen LogP contribution is -2.56. The van der Waals surface area contributed by atoms with Gasteiger partial charge < -0.3 is 15.4 Å². The summed E-state index contributed by atoms with van der Waals surface area (Å²) in [5.41, 5.74) is 0.998. The molecule has 1 aromatic rings. The highest BCUT2D eigenvalue weighted by molar-refractivity contribution is 5.89. The van der Waals surface area contributed by atoms with Crippen LogP contribution in [-0.2, 0) is 9.59 Å². The predicted molar refractivity (Wildman–Crippen MR) is 110 cm³/mol. The number of hydrogen-bond acceptors (Lipinski definition) is 4. The number of carbonyl (C=O) groups excluding carboxylic acids is 2. The molecule has 0 unspecified atom stereocenters. The van der Waals surface area contributed by atoms with Gasteiger partial charge in [-0.15, -0.1) is 0 Å². The van der Waals surface area contributed by atoms with Gasteiger partial charge in [-0.25, -0.2) is 0 Å². The van der Waals surface area contributed by atoms with Crippen LogP contribution in [-0.4, -0.2) is 55.5 Å². The first-order valence-corrected chi connectivity index (χ1v) is 10.3. The third-order valence-electron chi connectivity index (χ3n) is 5.57. The molecular formula is C22H31N3O3. The van der Waals surface area contributed by atoms with Crippen LogP contribution in [0, 0.1) is 0 Å². The Morgan fingerprint density at radius 2 is 2.07 bits per heavy atom. The molecular weight excluding hydrogens is 354 g/mol. The number of nitrogens with one attached hydrogen (secondary N) is 2. The number of amides is 2. The predicted octanol–water partition coefficient (Wildman–Crippen LogP) is 2.35. The third-order valence-corrected chi connectivity index (χ3v) is 5.57. The molecule has 2 aliphatic rings. The summed E-state index contributed by atoms with van der Waals surface area (Å²) < 4.78 is 5.37. The quantitative estimate of drug-likeness (QED) is 0.756. The summed E-state index contributed by atoms with van der Waals surface area (Å²) in [5, 5.41) is 6.02. The van der Waals surface area contributed by atoms with E-state index in [2.05, 4.69) is 15.5 Å². The Morgan fingerprint density at radius 3 is 2.86 bits per heavy atom. The molecule has 1 saturated carbocycles. The second-order valence-corrected chi connectivity index (χ2v) is 7.55. The van der Waals surface area contributed by atoms with Crippen molar-refractivity contribution in [3.8, 4) is 5.75 Å². The molecule has 1 aliphatic carbocycles. The molecule has 1 atom stereocenters. The maximum Gasteiger partial charge on any atom is 0.237 e. The van der Waals surface area contributed by atoms with E-state index >= 15 is 0 Å². The molecule has 3 rings (SSSR count). The SMILES string of the molecule is COc1ccccc1/C=C/CN1CCNC(=O)[C@H]1CC(=O)NC1CCCCC1. The van der Waals surface area contributed by atoms with Crippen LogP contribution in [0.15, 0.2) is 30.3 Å². The molecule has 2 N–H and O–H groups in total. The first-order chi connectivity index (χ1) is 13.7. The number of para-hydroxylation sites is 1. The summed E-state index contributed by atoms with van der Waals surface area (Å²) >= 11 is 0.